The lowest BCUT2D eigenvalue weighted by Gasteiger charge is -2.36. The van der Waals surface area contributed by atoms with E-state index in [1.165, 1.54) is 0 Å². The van der Waals surface area contributed by atoms with Crippen molar-refractivity contribution >= 4 is 18.3 Å². The van der Waals surface area contributed by atoms with Crippen LogP contribution in [0.2, 0.25) is 0 Å². The van der Waals surface area contributed by atoms with E-state index < -0.39 is 29.5 Å². The highest BCUT2D eigenvalue weighted by Crippen LogP contribution is 2.41. The number of nitrogens with two attached hydrogens (primary N) is 1. The Kier molecular flexibility index (Phi) is 6.99. The van der Waals surface area contributed by atoms with Crippen LogP contribution >= 0.6 is 12.4 Å². The number of rotatable bonds is 3. The van der Waals surface area contributed by atoms with E-state index in [-0.39, 0.29) is 18.8 Å². The summed E-state index contributed by atoms with van der Waals surface area (Å²) in [6, 6.07) is 0. The first-order chi connectivity index (χ1) is 9.82. The van der Waals surface area contributed by atoms with Gasteiger partial charge in [-0.25, -0.2) is 0 Å². The molecule has 0 heterocycles. The third-order valence-corrected chi connectivity index (χ3v) is 4.99. The van der Waals surface area contributed by atoms with Crippen LogP contribution in [0.1, 0.15) is 57.8 Å². The molecule has 2 aliphatic carbocycles. The van der Waals surface area contributed by atoms with Gasteiger partial charge in [0.05, 0.1) is 5.92 Å². The summed E-state index contributed by atoms with van der Waals surface area (Å²) in [4.78, 5) is 12.2. The molecule has 0 spiro atoms. The Morgan fingerprint density at radius 1 is 1.09 bits per heavy atom. The first-order valence-corrected chi connectivity index (χ1v) is 7.95. The number of carbonyl (C=O) groups excluding carboxylic acids is 1. The summed E-state index contributed by atoms with van der Waals surface area (Å²) in [5.74, 6) is -2.90. The molecule has 2 rings (SSSR count). The van der Waals surface area contributed by atoms with E-state index >= 15 is 0 Å². The number of nitrogens with one attached hydrogen (secondary N) is 1. The van der Waals surface area contributed by atoms with Crippen molar-refractivity contribution in [1.82, 2.24) is 5.32 Å². The molecule has 2 atom stereocenters. The standard InChI is InChI=1S/C15H25F3N2O.ClH/c16-15(17,18)12-7-3-2-6-11(12)13(21)20-10-14(19)8-4-1-5-9-14;/h11-12H,1-10,19H2,(H,20,21);1H. The molecule has 22 heavy (non-hydrogen) atoms. The van der Waals surface area contributed by atoms with E-state index in [1.807, 2.05) is 0 Å². The number of amides is 1. The van der Waals surface area contributed by atoms with Crippen LogP contribution in [-0.2, 0) is 4.79 Å². The van der Waals surface area contributed by atoms with E-state index in [4.69, 9.17) is 5.73 Å². The summed E-state index contributed by atoms with van der Waals surface area (Å²) in [6.07, 6.45) is 2.22. The normalized spacial score (nSPS) is 28.5. The lowest BCUT2D eigenvalue weighted by atomic mass is 9.77. The molecule has 0 aromatic heterocycles. The minimum absolute atomic E-state index is 0. The lowest BCUT2D eigenvalue weighted by Crippen LogP contribution is -2.53. The molecule has 7 heteroatoms. The van der Waals surface area contributed by atoms with Crippen LogP contribution in [0.5, 0.6) is 0 Å². The molecule has 2 saturated carbocycles. The first-order valence-electron chi connectivity index (χ1n) is 7.95. The van der Waals surface area contributed by atoms with Gasteiger partial charge in [-0.15, -0.1) is 12.4 Å². The molecule has 130 valence electrons. The highest BCUT2D eigenvalue weighted by atomic mass is 35.5. The highest BCUT2D eigenvalue weighted by Gasteiger charge is 2.48. The molecule has 3 N–H and O–H groups in total. The third kappa shape index (κ3) is 5.01. The summed E-state index contributed by atoms with van der Waals surface area (Å²) in [5, 5.41) is 2.70. The van der Waals surface area contributed by atoms with Gasteiger partial charge >= 0.3 is 6.18 Å². The van der Waals surface area contributed by atoms with Crippen molar-refractivity contribution in [3.05, 3.63) is 0 Å². The maximum atomic E-state index is 13.0. The van der Waals surface area contributed by atoms with Crippen LogP contribution < -0.4 is 11.1 Å². The summed E-state index contributed by atoms with van der Waals surface area (Å²) >= 11 is 0. The second-order valence-electron chi connectivity index (χ2n) is 6.68. The zero-order valence-electron chi connectivity index (χ0n) is 12.8. The van der Waals surface area contributed by atoms with Gasteiger partial charge < -0.3 is 11.1 Å². The predicted octanol–water partition coefficient (Wildman–Crippen LogP) is 3.55. The lowest BCUT2D eigenvalue weighted by molar-refractivity contribution is -0.198. The van der Waals surface area contributed by atoms with Gasteiger partial charge in [0.15, 0.2) is 0 Å². The molecular weight excluding hydrogens is 317 g/mol. The molecule has 3 nitrogen and oxygen atoms in total. The van der Waals surface area contributed by atoms with E-state index in [2.05, 4.69) is 5.32 Å². The first kappa shape index (κ1) is 19.6. The Morgan fingerprint density at radius 2 is 1.68 bits per heavy atom. The van der Waals surface area contributed by atoms with Crippen molar-refractivity contribution in [2.24, 2.45) is 17.6 Å². The van der Waals surface area contributed by atoms with Crippen molar-refractivity contribution in [2.75, 3.05) is 6.54 Å². The number of halogens is 4. The summed E-state index contributed by atoms with van der Waals surface area (Å²) in [6.45, 7) is 0.299. The second kappa shape index (κ2) is 7.86. The van der Waals surface area contributed by atoms with Gasteiger partial charge in [-0.3, -0.25) is 4.79 Å². The Labute approximate surface area is 136 Å². The smallest absolute Gasteiger partial charge is 0.354 e. The van der Waals surface area contributed by atoms with Crippen LogP contribution in [0.15, 0.2) is 0 Å². The molecule has 2 unspecified atom stereocenters. The van der Waals surface area contributed by atoms with Gasteiger partial charge in [0.1, 0.15) is 0 Å². The number of hydrogen-bond donors (Lipinski definition) is 2. The molecule has 0 bridgehead atoms. The van der Waals surface area contributed by atoms with Crippen LogP contribution in [0.3, 0.4) is 0 Å². The highest BCUT2D eigenvalue weighted by molar-refractivity contribution is 5.85. The van der Waals surface area contributed by atoms with E-state index in [9.17, 15) is 18.0 Å². The zero-order valence-corrected chi connectivity index (χ0v) is 13.6. The fourth-order valence-electron chi connectivity index (χ4n) is 3.66. The van der Waals surface area contributed by atoms with Gasteiger partial charge in [0.2, 0.25) is 5.91 Å². The van der Waals surface area contributed by atoms with Crippen molar-refractivity contribution in [2.45, 2.75) is 69.5 Å². The molecule has 2 aliphatic rings. The zero-order chi connectivity index (χ0) is 15.5. The predicted molar refractivity (Wildman–Crippen MR) is 81.8 cm³/mol. The maximum absolute atomic E-state index is 13.0. The third-order valence-electron chi connectivity index (χ3n) is 4.99. The van der Waals surface area contributed by atoms with Gasteiger partial charge in [0, 0.05) is 18.0 Å². The Hall–Kier alpha value is -0.490. The Bertz CT molecular complexity index is 370. The molecule has 0 aromatic carbocycles. The SMILES string of the molecule is Cl.NC1(CNC(=O)C2CCCCC2C(F)(F)F)CCCCC1. The molecule has 2 fully saturated rings. The maximum Gasteiger partial charge on any atom is 0.392 e. The second-order valence-corrected chi connectivity index (χ2v) is 6.68. The Balaban J connectivity index is 0.00000242. The van der Waals surface area contributed by atoms with Crippen LogP contribution in [0, 0.1) is 11.8 Å². The quantitative estimate of drug-likeness (QED) is 0.824. The molecule has 0 aliphatic heterocycles. The molecule has 0 aromatic rings. The fraction of sp³-hybridized carbons (Fsp3) is 0.933. The molecule has 0 saturated heterocycles. The van der Waals surface area contributed by atoms with E-state index in [0.717, 1.165) is 32.1 Å². The molecule has 1 amide bonds. The van der Waals surface area contributed by atoms with Crippen molar-refractivity contribution in [3.63, 3.8) is 0 Å². The molecule has 0 radical (unpaired) electrons. The van der Waals surface area contributed by atoms with Crippen molar-refractivity contribution in [1.29, 1.82) is 0 Å². The van der Waals surface area contributed by atoms with Crippen LogP contribution in [0.4, 0.5) is 13.2 Å². The van der Waals surface area contributed by atoms with E-state index in [1.54, 1.807) is 0 Å². The topological polar surface area (TPSA) is 55.1 Å². The van der Waals surface area contributed by atoms with Crippen molar-refractivity contribution < 1.29 is 18.0 Å². The monoisotopic (exact) mass is 342 g/mol. The number of hydrogen-bond acceptors (Lipinski definition) is 2. The summed E-state index contributed by atoms with van der Waals surface area (Å²) in [5.41, 5.74) is 5.79. The number of alkyl halides is 3. The Morgan fingerprint density at radius 3 is 2.27 bits per heavy atom. The minimum Gasteiger partial charge on any atom is -0.354 e. The fourth-order valence-corrected chi connectivity index (χ4v) is 3.66. The number of carbonyl (C=O) groups is 1. The van der Waals surface area contributed by atoms with Crippen LogP contribution in [-0.4, -0.2) is 24.2 Å². The van der Waals surface area contributed by atoms with Gasteiger partial charge in [-0.05, 0) is 25.7 Å². The largest absolute Gasteiger partial charge is 0.392 e. The average Bonchev–Trinajstić information content (AvgIpc) is 2.45. The van der Waals surface area contributed by atoms with Gasteiger partial charge in [-0.2, -0.15) is 13.2 Å². The van der Waals surface area contributed by atoms with Gasteiger partial charge in [0.25, 0.3) is 0 Å². The minimum atomic E-state index is -4.28. The summed E-state index contributed by atoms with van der Waals surface area (Å²) in [7, 11) is 0. The average molecular weight is 343 g/mol. The van der Waals surface area contributed by atoms with E-state index in [0.29, 0.717) is 25.8 Å². The van der Waals surface area contributed by atoms with Gasteiger partial charge in [-0.1, -0.05) is 32.1 Å². The molecular formula is C15H26ClF3N2O. The van der Waals surface area contributed by atoms with Crippen LogP contribution in [0.25, 0.3) is 0 Å². The van der Waals surface area contributed by atoms with Crippen molar-refractivity contribution in [3.8, 4) is 0 Å². The summed E-state index contributed by atoms with van der Waals surface area (Å²) < 4.78 is 39.1.